The third-order valence-electron chi connectivity index (χ3n) is 3.25. The van der Waals surface area contributed by atoms with Crippen LogP contribution in [0.1, 0.15) is 32.1 Å². The molecular weight excluding hydrogens is 192 g/mol. The second kappa shape index (κ2) is 5.99. The third-order valence-corrected chi connectivity index (χ3v) is 4.71. The maximum absolute atomic E-state index is 3.40. The lowest BCUT2D eigenvalue weighted by molar-refractivity contribution is 0.279. The van der Waals surface area contributed by atoms with Gasteiger partial charge in [-0.25, -0.2) is 0 Å². The molecule has 1 saturated carbocycles. The maximum Gasteiger partial charge on any atom is 0.0448 e. The van der Waals surface area contributed by atoms with E-state index in [9.17, 15) is 0 Å². The van der Waals surface area contributed by atoms with Crippen LogP contribution in [-0.4, -0.2) is 42.2 Å². The highest BCUT2D eigenvalue weighted by Crippen LogP contribution is 2.28. The van der Waals surface area contributed by atoms with Gasteiger partial charge in [-0.05, 0) is 12.8 Å². The van der Waals surface area contributed by atoms with Crippen LogP contribution in [0.3, 0.4) is 0 Å². The average molecular weight is 214 g/mol. The average Bonchev–Trinajstić information content (AvgIpc) is 2.29. The van der Waals surface area contributed by atoms with Gasteiger partial charge in [-0.15, -0.1) is 11.8 Å². The van der Waals surface area contributed by atoms with Crippen molar-refractivity contribution in [2.75, 3.05) is 32.1 Å². The summed E-state index contributed by atoms with van der Waals surface area (Å²) >= 11 is 2.20. The monoisotopic (exact) mass is 214 g/mol. The Labute approximate surface area is 91.8 Å². The van der Waals surface area contributed by atoms with Gasteiger partial charge in [-0.1, -0.05) is 19.3 Å². The van der Waals surface area contributed by atoms with E-state index in [1.54, 1.807) is 0 Å². The topological polar surface area (TPSA) is 15.3 Å². The van der Waals surface area contributed by atoms with E-state index in [0.717, 1.165) is 5.25 Å². The van der Waals surface area contributed by atoms with Crippen LogP contribution in [0.2, 0.25) is 0 Å². The zero-order chi connectivity index (χ0) is 9.64. The van der Waals surface area contributed by atoms with E-state index in [4.69, 9.17) is 0 Å². The van der Waals surface area contributed by atoms with Gasteiger partial charge in [0.15, 0.2) is 0 Å². The van der Waals surface area contributed by atoms with Gasteiger partial charge in [0.1, 0.15) is 0 Å². The van der Waals surface area contributed by atoms with Crippen LogP contribution in [0, 0.1) is 0 Å². The van der Waals surface area contributed by atoms with E-state index in [2.05, 4.69) is 22.0 Å². The van der Waals surface area contributed by atoms with Crippen molar-refractivity contribution >= 4 is 11.8 Å². The van der Waals surface area contributed by atoms with E-state index >= 15 is 0 Å². The number of hydrogen-bond donors (Lipinski definition) is 1. The Morgan fingerprint density at radius 2 is 1.79 bits per heavy atom. The Hall–Kier alpha value is 0.270. The molecule has 2 aliphatic rings. The summed E-state index contributed by atoms with van der Waals surface area (Å²) < 4.78 is 0. The molecule has 1 N–H and O–H groups in total. The summed E-state index contributed by atoms with van der Waals surface area (Å²) in [6.07, 6.45) is 7.36. The summed E-state index contributed by atoms with van der Waals surface area (Å²) in [7, 11) is 0. The number of nitrogens with zero attached hydrogens (tertiary/aromatic N) is 1. The second-order valence-corrected chi connectivity index (χ2v) is 5.68. The molecule has 0 atom stereocenters. The highest BCUT2D eigenvalue weighted by molar-refractivity contribution is 7.99. The summed E-state index contributed by atoms with van der Waals surface area (Å²) in [6, 6.07) is 0. The van der Waals surface area contributed by atoms with Crippen molar-refractivity contribution in [1.82, 2.24) is 10.2 Å². The molecule has 0 aromatic rings. The quantitative estimate of drug-likeness (QED) is 0.772. The van der Waals surface area contributed by atoms with Gasteiger partial charge >= 0.3 is 0 Å². The molecule has 3 heteroatoms. The first-order valence-corrected chi connectivity index (χ1v) is 7.05. The van der Waals surface area contributed by atoms with Crippen molar-refractivity contribution in [2.45, 2.75) is 37.4 Å². The highest BCUT2D eigenvalue weighted by Gasteiger charge is 2.16. The number of rotatable bonds is 3. The van der Waals surface area contributed by atoms with Crippen LogP contribution in [0.5, 0.6) is 0 Å². The van der Waals surface area contributed by atoms with Crippen LogP contribution >= 0.6 is 11.8 Å². The van der Waals surface area contributed by atoms with Crippen molar-refractivity contribution in [3.63, 3.8) is 0 Å². The van der Waals surface area contributed by atoms with Crippen LogP contribution in [-0.2, 0) is 0 Å². The zero-order valence-corrected chi connectivity index (χ0v) is 9.82. The summed E-state index contributed by atoms with van der Waals surface area (Å²) in [6.45, 7) is 4.87. The molecular formula is C11H22N2S. The second-order valence-electron chi connectivity index (χ2n) is 4.42. The van der Waals surface area contributed by atoms with Crippen molar-refractivity contribution < 1.29 is 0 Å². The number of piperazine rings is 1. The van der Waals surface area contributed by atoms with Gasteiger partial charge in [0.05, 0.1) is 0 Å². The first kappa shape index (κ1) is 10.8. The van der Waals surface area contributed by atoms with E-state index in [1.807, 2.05) is 0 Å². The molecule has 82 valence electrons. The van der Waals surface area contributed by atoms with E-state index < -0.39 is 0 Å². The van der Waals surface area contributed by atoms with E-state index in [1.165, 1.54) is 64.2 Å². The predicted octanol–water partition coefficient (Wildman–Crippen LogP) is 1.92. The van der Waals surface area contributed by atoms with Crippen LogP contribution in [0.15, 0.2) is 0 Å². The largest absolute Gasteiger partial charge is 0.314 e. The smallest absolute Gasteiger partial charge is 0.0448 e. The van der Waals surface area contributed by atoms with Crippen molar-refractivity contribution in [2.24, 2.45) is 0 Å². The molecule has 0 radical (unpaired) electrons. The van der Waals surface area contributed by atoms with Gasteiger partial charge in [0.25, 0.3) is 0 Å². The molecule has 0 spiro atoms. The molecule has 0 bridgehead atoms. The lowest BCUT2D eigenvalue weighted by Gasteiger charge is -2.29. The van der Waals surface area contributed by atoms with Crippen molar-refractivity contribution in [3.05, 3.63) is 0 Å². The predicted molar refractivity (Wildman–Crippen MR) is 63.8 cm³/mol. The number of nitrogens with one attached hydrogen (secondary N) is 1. The summed E-state index contributed by atoms with van der Waals surface area (Å²) in [5.74, 6) is 1.27. The molecule has 2 fully saturated rings. The van der Waals surface area contributed by atoms with Crippen molar-refractivity contribution in [1.29, 1.82) is 0 Å². The van der Waals surface area contributed by atoms with Gasteiger partial charge in [0.2, 0.25) is 0 Å². The Morgan fingerprint density at radius 3 is 2.50 bits per heavy atom. The van der Waals surface area contributed by atoms with Crippen LogP contribution in [0.25, 0.3) is 0 Å². The van der Waals surface area contributed by atoms with E-state index in [-0.39, 0.29) is 0 Å². The SMILES string of the molecule is C1CCC(SCN2CCNCC2)CC1. The normalized spacial score (nSPS) is 26.6. The first-order chi connectivity index (χ1) is 6.95. The Kier molecular flexibility index (Phi) is 4.61. The zero-order valence-electron chi connectivity index (χ0n) is 9.00. The molecule has 14 heavy (non-hydrogen) atoms. The minimum Gasteiger partial charge on any atom is -0.314 e. The standard InChI is InChI=1S/C11H22N2S/c1-2-4-11(5-3-1)14-10-13-8-6-12-7-9-13/h11-12H,1-10H2. The molecule has 1 aliphatic carbocycles. The molecule has 1 saturated heterocycles. The third kappa shape index (κ3) is 3.44. The Balaban J connectivity index is 1.60. The molecule has 2 nitrogen and oxygen atoms in total. The molecule has 1 heterocycles. The highest BCUT2D eigenvalue weighted by atomic mass is 32.2. The van der Waals surface area contributed by atoms with Crippen LogP contribution in [0.4, 0.5) is 0 Å². The van der Waals surface area contributed by atoms with Gasteiger partial charge in [-0.2, -0.15) is 0 Å². The van der Waals surface area contributed by atoms with Gasteiger partial charge in [0, 0.05) is 37.3 Å². The maximum atomic E-state index is 3.40. The van der Waals surface area contributed by atoms with Gasteiger partial charge in [-0.3, -0.25) is 4.90 Å². The summed E-state index contributed by atoms with van der Waals surface area (Å²) in [5.41, 5.74) is 0. The molecule has 0 amide bonds. The lowest BCUT2D eigenvalue weighted by Crippen LogP contribution is -2.43. The number of thioether (sulfide) groups is 1. The first-order valence-electron chi connectivity index (χ1n) is 6.00. The minimum atomic E-state index is 0.971. The summed E-state index contributed by atoms with van der Waals surface area (Å²) in [5, 5.41) is 4.37. The van der Waals surface area contributed by atoms with Crippen LogP contribution < -0.4 is 5.32 Å². The van der Waals surface area contributed by atoms with Gasteiger partial charge < -0.3 is 5.32 Å². The lowest BCUT2D eigenvalue weighted by atomic mass is 10.0. The van der Waals surface area contributed by atoms with E-state index in [0.29, 0.717) is 0 Å². The fourth-order valence-electron chi connectivity index (χ4n) is 2.28. The molecule has 0 aromatic heterocycles. The molecule has 1 aliphatic heterocycles. The molecule has 0 aromatic carbocycles. The Bertz CT molecular complexity index is 133. The van der Waals surface area contributed by atoms with Crippen molar-refractivity contribution in [3.8, 4) is 0 Å². The fourth-order valence-corrected chi connectivity index (χ4v) is 3.63. The number of hydrogen-bond acceptors (Lipinski definition) is 3. The Morgan fingerprint density at radius 1 is 1.07 bits per heavy atom. The molecule has 0 unspecified atom stereocenters. The summed E-state index contributed by atoms with van der Waals surface area (Å²) in [4.78, 5) is 2.59. The fraction of sp³-hybridized carbons (Fsp3) is 1.00. The molecule has 2 rings (SSSR count). The minimum absolute atomic E-state index is 0.971.